The molecule has 0 aliphatic rings. The number of carbonyl (C=O) groups is 16. The third kappa shape index (κ3) is 30.3. The molecule has 94 heavy (non-hydrogen) atoms. The molecule has 25 N–H and O–H groups in total. The van der Waals surface area contributed by atoms with E-state index in [0.29, 0.717) is 0 Å². The Morgan fingerprint density at radius 2 is 0.787 bits per heavy atom. The SMILES string of the molecule is CC(C)[C@H](NC(=O)[C@H](CCC(N)=O)NC(=O)[C@@H](NC(=O)[C@H](CCC(=O)O)NC(=O)[C@@H](NC(=O)[C@H](Cc1ccc(OP(=O)(O)O)cc1)NC(=O)[C@H](CCC(N)=O)NC(=O)[C@@H](NC(=O)[C@H](CC(=O)O)NC(=O)[C@H](CO)NC(=O)[C@@H](N)CC(N)=O)C(C)C)[C@@H](C)O)C(C)C)C(=O)O. The highest BCUT2D eigenvalue weighted by molar-refractivity contribution is 7.46. The maximum absolute atomic E-state index is 14.5. The molecule has 0 radical (unpaired) electrons. The summed E-state index contributed by atoms with van der Waals surface area (Å²) in [6.45, 7) is 8.36. The van der Waals surface area contributed by atoms with Crippen molar-refractivity contribution in [2.24, 2.45) is 40.7 Å². The van der Waals surface area contributed by atoms with Crippen LogP contribution in [0.15, 0.2) is 24.3 Å². The smallest absolute Gasteiger partial charge is 0.481 e. The van der Waals surface area contributed by atoms with Crippen LogP contribution in [-0.4, -0.2) is 209 Å². The van der Waals surface area contributed by atoms with E-state index in [1.165, 1.54) is 41.5 Å². The number of carbonyl (C=O) groups excluding carboxylic acids is 13. The maximum atomic E-state index is 14.5. The molecule has 0 bridgehead atoms. The fourth-order valence-electron chi connectivity index (χ4n) is 8.42. The Morgan fingerprint density at radius 3 is 1.16 bits per heavy atom. The molecule has 0 aromatic heterocycles. The van der Waals surface area contributed by atoms with E-state index in [-0.39, 0.29) is 11.3 Å². The first-order valence-corrected chi connectivity index (χ1v) is 30.4. The first-order valence-electron chi connectivity index (χ1n) is 28.9. The Balaban J connectivity index is 3.80. The number of carboxylic acid groups (broad SMARTS) is 3. The number of primary amides is 3. The minimum absolute atomic E-state index is 0.0632. The van der Waals surface area contributed by atoms with Gasteiger partial charge in [0.05, 0.1) is 31.6 Å². The van der Waals surface area contributed by atoms with Crippen molar-refractivity contribution in [1.82, 2.24) is 53.2 Å². The van der Waals surface area contributed by atoms with E-state index in [4.69, 9.17) is 22.9 Å². The molecule has 0 spiro atoms. The van der Waals surface area contributed by atoms with Crippen LogP contribution in [-0.2, 0) is 87.7 Å². The summed E-state index contributed by atoms with van der Waals surface area (Å²) in [5, 5.41) is 72.0. The highest BCUT2D eigenvalue weighted by Crippen LogP contribution is 2.37. The standard InChI is InChI=1S/C54H85N14O25P/c1-22(2)40(51(85)60-30(13-16-36(57)72)47(81)67-42(24(5)6)54(88)89)65-46(80)31(14-17-38(74)75)61-53(87)43(25(7)70)68-48(82)32(18-26-8-10-27(11-9-26)93-94(90,91)92)62-45(79)29(12-15-35(56)71)59-52(86)41(23(3)4)66-49(83)33(20-39(76)77)63-50(84)34(21-69)64-44(78)28(55)19-37(58)73/h8-11,22-25,28-34,40-43,69-70H,12-21,55H2,1-7H3,(H2,56,71)(H2,57,72)(H2,58,73)(H,59,86)(H,60,85)(H,61,87)(H,62,79)(H,63,84)(H,64,78)(H,65,80)(H,66,83)(H,67,81)(H,68,82)(H,74,75)(H,76,77)(H,88,89)(H2,90,91,92)/t25-,28+,29+,30+,31+,32+,33+,34+,40+,41+,42+,43+/m1/s1. The first kappa shape index (κ1) is 82.6. The summed E-state index contributed by atoms with van der Waals surface area (Å²) in [6.07, 6.45) is -8.22. The van der Waals surface area contributed by atoms with Crippen molar-refractivity contribution >= 4 is 103 Å². The summed E-state index contributed by atoms with van der Waals surface area (Å²) in [4.78, 5) is 227. The van der Waals surface area contributed by atoms with E-state index in [2.05, 4.69) is 47.1 Å². The fourth-order valence-corrected chi connectivity index (χ4v) is 8.81. The van der Waals surface area contributed by atoms with Gasteiger partial charge in [-0.2, -0.15) is 0 Å². The number of aliphatic hydroxyl groups is 2. The molecule has 0 saturated heterocycles. The Labute approximate surface area is 537 Å². The zero-order valence-electron chi connectivity index (χ0n) is 52.3. The Morgan fingerprint density at radius 1 is 0.436 bits per heavy atom. The normalized spacial score (nSPS) is 15.1. The number of phosphoric acid groups is 1. The lowest BCUT2D eigenvalue weighted by Gasteiger charge is -2.30. The minimum Gasteiger partial charge on any atom is -0.481 e. The predicted octanol–water partition coefficient (Wildman–Crippen LogP) is -7.95. The molecular formula is C54H85N14O25P. The van der Waals surface area contributed by atoms with Gasteiger partial charge in [0.1, 0.15) is 66.2 Å². The van der Waals surface area contributed by atoms with E-state index in [9.17, 15) is 117 Å². The maximum Gasteiger partial charge on any atom is 0.524 e. The van der Waals surface area contributed by atoms with E-state index in [1.54, 1.807) is 0 Å². The molecule has 1 aromatic rings. The van der Waals surface area contributed by atoms with Crippen molar-refractivity contribution in [1.29, 1.82) is 0 Å². The molecule has 1 rings (SSSR count). The second-order valence-electron chi connectivity index (χ2n) is 22.6. The molecule has 12 atom stereocenters. The zero-order valence-corrected chi connectivity index (χ0v) is 53.2. The van der Waals surface area contributed by atoms with Crippen LogP contribution in [0.4, 0.5) is 0 Å². The number of hydrogen-bond acceptors (Lipinski definition) is 21. The average molecular weight is 1360 g/mol. The number of aliphatic hydroxyl groups excluding tert-OH is 2. The molecule has 39 nitrogen and oxygen atoms in total. The summed E-state index contributed by atoms with van der Waals surface area (Å²) >= 11 is 0. The van der Waals surface area contributed by atoms with Gasteiger partial charge >= 0.3 is 25.7 Å². The number of nitrogens with one attached hydrogen (secondary N) is 10. The molecule has 13 amide bonds. The summed E-state index contributed by atoms with van der Waals surface area (Å²) in [5.74, 6) is -22.9. The molecule has 0 saturated carbocycles. The number of rotatable bonds is 43. The molecule has 0 aliphatic heterocycles. The van der Waals surface area contributed by atoms with Gasteiger partial charge in [0.25, 0.3) is 0 Å². The van der Waals surface area contributed by atoms with Crippen LogP contribution in [0.25, 0.3) is 0 Å². The van der Waals surface area contributed by atoms with Crippen LogP contribution in [0.2, 0.25) is 0 Å². The second-order valence-corrected chi connectivity index (χ2v) is 23.7. The number of phosphoric ester groups is 1. The van der Waals surface area contributed by atoms with Gasteiger partial charge in [0.15, 0.2) is 0 Å². The van der Waals surface area contributed by atoms with Crippen molar-refractivity contribution in [3.8, 4) is 5.75 Å². The monoisotopic (exact) mass is 1360 g/mol. The molecule has 40 heteroatoms. The Bertz CT molecular complexity index is 2960. The van der Waals surface area contributed by atoms with Crippen molar-refractivity contribution < 1.29 is 121 Å². The highest BCUT2D eigenvalue weighted by atomic mass is 31.2. The Hall–Kier alpha value is -9.43. The van der Waals surface area contributed by atoms with Crippen LogP contribution in [0.1, 0.15) is 105 Å². The molecule has 1 aromatic carbocycles. The van der Waals surface area contributed by atoms with Crippen molar-refractivity contribution in [2.45, 2.75) is 179 Å². The van der Waals surface area contributed by atoms with Gasteiger partial charge in [0, 0.05) is 25.7 Å². The van der Waals surface area contributed by atoms with Crippen LogP contribution in [0.5, 0.6) is 5.75 Å². The van der Waals surface area contributed by atoms with Gasteiger partial charge in [-0.3, -0.25) is 81.7 Å². The van der Waals surface area contributed by atoms with Crippen molar-refractivity contribution in [3.63, 3.8) is 0 Å². The van der Waals surface area contributed by atoms with Gasteiger partial charge in [-0.1, -0.05) is 53.7 Å². The van der Waals surface area contributed by atoms with Gasteiger partial charge in [-0.05, 0) is 61.6 Å². The molecule has 0 unspecified atom stereocenters. The number of aliphatic carboxylic acids is 3. The zero-order chi connectivity index (χ0) is 72.2. The van der Waals surface area contributed by atoms with E-state index >= 15 is 0 Å². The second kappa shape index (κ2) is 39.2. The van der Waals surface area contributed by atoms with Gasteiger partial charge in [0.2, 0.25) is 76.8 Å². The lowest BCUT2D eigenvalue weighted by molar-refractivity contribution is -0.144. The third-order valence-electron chi connectivity index (χ3n) is 13.5. The molecule has 526 valence electrons. The fraction of sp³-hybridized carbons (Fsp3) is 0.593. The topological polar surface area (TPSA) is 665 Å². The van der Waals surface area contributed by atoms with Gasteiger partial charge in [-0.25, -0.2) is 9.36 Å². The quantitative estimate of drug-likeness (QED) is 0.0270. The number of nitrogens with two attached hydrogens (primary N) is 4. The van der Waals surface area contributed by atoms with Crippen LogP contribution in [0.3, 0.4) is 0 Å². The van der Waals surface area contributed by atoms with Crippen LogP contribution < -0.4 is 80.6 Å². The van der Waals surface area contributed by atoms with E-state index < -0.39 is 257 Å². The van der Waals surface area contributed by atoms with Crippen molar-refractivity contribution in [3.05, 3.63) is 29.8 Å². The Kier molecular flexibility index (Phi) is 34.4. The lowest BCUT2D eigenvalue weighted by Crippen LogP contribution is -2.63. The molecule has 0 heterocycles. The van der Waals surface area contributed by atoms with Crippen molar-refractivity contribution in [2.75, 3.05) is 6.61 Å². The number of amides is 13. The lowest BCUT2D eigenvalue weighted by atomic mass is 10.00. The summed E-state index contributed by atoms with van der Waals surface area (Å²) in [5.41, 5.74) is 21.4. The van der Waals surface area contributed by atoms with Gasteiger partial charge in [-0.15, -0.1) is 0 Å². The predicted molar refractivity (Wildman–Crippen MR) is 321 cm³/mol. The number of hydrogen-bond donors (Lipinski definition) is 21. The van der Waals surface area contributed by atoms with Crippen LogP contribution in [0, 0.1) is 17.8 Å². The average Bonchev–Trinajstić information content (AvgIpc) is 0.910. The minimum atomic E-state index is -5.12. The number of carboxylic acids is 3. The summed E-state index contributed by atoms with van der Waals surface area (Å²) in [7, 11) is -5.12. The third-order valence-corrected chi connectivity index (χ3v) is 13.9. The molecule has 0 fully saturated rings. The van der Waals surface area contributed by atoms with E-state index in [0.717, 1.165) is 31.2 Å². The van der Waals surface area contributed by atoms with E-state index in [1.807, 2.05) is 10.6 Å². The summed E-state index contributed by atoms with van der Waals surface area (Å²) in [6, 6.07) is -15.4. The first-order chi connectivity index (χ1) is 43.5. The summed E-state index contributed by atoms with van der Waals surface area (Å²) < 4.78 is 16.1. The molecular weight excluding hydrogens is 1280 g/mol. The van der Waals surface area contributed by atoms with Gasteiger partial charge < -0.3 is 106 Å². The highest BCUT2D eigenvalue weighted by Gasteiger charge is 2.39. The molecule has 0 aliphatic carbocycles. The van der Waals surface area contributed by atoms with Crippen LogP contribution >= 0.6 is 7.82 Å². The largest absolute Gasteiger partial charge is 0.524 e. The number of benzene rings is 1.